The number of hydrogen-bond acceptors (Lipinski definition) is 3. The molecule has 3 heteroatoms. The molecular weight excluding hydrogens is 547 g/mol. The van der Waals surface area contributed by atoms with Crippen LogP contribution in [0.2, 0.25) is 0 Å². The van der Waals surface area contributed by atoms with E-state index in [4.69, 9.17) is 0 Å². The van der Waals surface area contributed by atoms with E-state index in [2.05, 4.69) is 146 Å². The minimum absolute atomic E-state index is 0.0686. The summed E-state index contributed by atoms with van der Waals surface area (Å²) >= 11 is 3.83. The molecule has 0 fully saturated rings. The summed E-state index contributed by atoms with van der Waals surface area (Å²) in [7, 11) is 0. The molecule has 6 aromatic carbocycles. The quantitative estimate of drug-likeness (QED) is 0.202. The van der Waals surface area contributed by atoms with Gasteiger partial charge in [0.25, 0.3) is 0 Å². The predicted octanol–water partition coefficient (Wildman–Crippen LogP) is 12.0. The van der Waals surface area contributed by atoms with Crippen LogP contribution in [0.4, 0.5) is 17.1 Å². The lowest BCUT2D eigenvalue weighted by molar-refractivity contribution is 0.647. The van der Waals surface area contributed by atoms with E-state index in [1.807, 2.05) is 23.1 Å². The number of anilines is 3. The van der Waals surface area contributed by atoms with Crippen molar-refractivity contribution in [3.8, 4) is 22.3 Å². The second kappa shape index (κ2) is 8.84. The molecule has 200 valence electrons. The zero-order valence-electron chi connectivity index (χ0n) is 23.4. The highest BCUT2D eigenvalue weighted by molar-refractivity contribution is 7.99. The van der Waals surface area contributed by atoms with E-state index in [9.17, 15) is 0 Å². The third kappa shape index (κ3) is 3.32. The molecule has 1 aliphatic heterocycles. The largest absolute Gasteiger partial charge is 0.308 e. The first-order chi connectivity index (χ1) is 20.6. The van der Waals surface area contributed by atoms with Gasteiger partial charge in [0.1, 0.15) is 0 Å². The minimum Gasteiger partial charge on any atom is -0.308 e. The lowest BCUT2D eigenvalue weighted by Gasteiger charge is -2.36. The number of rotatable bonds is 2. The van der Waals surface area contributed by atoms with Gasteiger partial charge in [-0.2, -0.15) is 0 Å². The van der Waals surface area contributed by atoms with Crippen LogP contribution >= 0.6 is 23.1 Å². The summed E-state index contributed by atoms with van der Waals surface area (Å²) < 4.78 is 2.69. The van der Waals surface area contributed by atoms with Gasteiger partial charge in [0.15, 0.2) is 0 Å². The van der Waals surface area contributed by atoms with Gasteiger partial charge < -0.3 is 4.90 Å². The van der Waals surface area contributed by atoms with Crippen LogP contribution in [0, 0.1) is 0 Å². The number of para-hydroxylation sites is 1. The molecule has 0 atom stereocenters. The summed E-state index contributed by atoms with van der Waals surface area (Å²) in [6.07, 6.45) is 0. The van der Waals surface area contributed by atoms with Gasteiger partial charge in [0.05, 0.1) is 11.4 Å². The van der Waals surface area contributed by atoms with Crippen molar-refractivity contribution in [1.82, 2.24) is 0 Å². The number of benzene rings is 6. The van der Waals surface area contributed by atoms with Crippen molar-refractivity contribution in [2.24, 2.45) is 0 Å². The molecule has 0 amide bonds. The topological polar surface area (TPSA) is 3.24 Å². The van der Waals surface area contributed by atoms with Crippen LogP contribution in [0.15, 0.2) is 137 Å². The van der Waals surface area contributed by atoms with E-state index in [1.165, 1.54) is 80.4 Å². The van der Waals surface area contributed by atoms with Crippen LogP contribution in [0.5, 0.6) is 0 Å². The Balaban J connectivity index is 1.27. The normalized spacial score (nSPS) is 14.5. The van der Waals surface area contributed by atoms with E-state index in [-0.39, 0.29) is 5.41 Å². The maximum atomic E-state index is 2.48. The number of thiophene rings is 1. The standard InChI is InChI=1S/C39H27NS2/c1-39(2)31-17-8-6-13-27(31)29-20-21-32-38(36(29)39)42-35-22-19-24(23-33(35)40(32)25-11-4-3-5-12-25)26-15-10-16-30-28-14-7-9-18-34(28)41-37(26)30/h3-23H,1-2H3. The Morgan fingerprint density at radius 2 is 1.36 bits per heavy atom. The Morgan fingerprint density at radius 1 is 0.595 bits per heavy atom. The SMILES string of the molecule is CC1(C)c2ccccc2-c2ccc3c(c21)Sc1ccc(-c2cccc4c2sc2ccccc24)cc1N3c1ccccc1. The average Bonchev–Trinajstić information content (AvgIpc) is 3.53. The van der Waals surface area contributed by atoms with Gasteiger partial charge in [-0.1, -0.05) is 117 Å². The molecule has 1 aromatic heterocycles. The molecule has 0 N–H and O–H groups in total. The Hall–Kier alpha value is -4.31. The second-order valence-electron chi connectivity index (χ2n) is 11.7. The van der Waals surface area contributed by atoms with Crippen molar-refractivity contribution in [3.05, 3.63) is 139 Å². The molecule has 0 bridgehead atoms. The first kappa shape index (κ1) is 24.3. The van der Waals surface area contributed by atoms with E-state index in [0.717, 1.165) is 0 Å². The summed E-state index contributed by atoms with van der Waals surface area (Å²) in [6, 6.07) is 47.1. The summed E-state index contributed by atoms with van der Waals surface area (Å²) in [5, 5.41) is 2.67. The summed E-state index contributed by atoms with van der Waals surface area (Å²) in [6.45, 7) is 4.77. The van der Waals surface area contributed by atoms with Crippen LogP contribution in [-0.4, -0.2) is 0 Å². The first-order valence-corrected chi connectivity index (χ1v) is 16.1. The number of hydrogen-bond donors (Lipinski definition) is 0. The van der Waals surface area contributed by atoms with Gasteiger partial charge in [-0.25, -0.2) is 0 Å². The molecule has 7 aromatic rings. The molecule has 0 radical (unpaired) electrons. The van der Waals surface area contributed by atoms with Crippen LogP contribution < -0.4 is 4.90 Å². The Morgan fingerprint density at radius 3 is 2.26 bits per heavy atom. The maximum Gasteiger partial charge on any atom is 0.0607 e. The van der Waals surface area contributed by atoms with E-state index in [0.29, 0.717) is 0 Å². The van der Waals surface area contributed by atoms with Crippen molar-refractivity contribution in [1.29, 1.82) is 0 Å². The molecule has 9 rings (SSSR count). The lowest BCUT2D eigenvalue weighted by Crippen LogP contribution is -2.20. The molecule has 2 aliphatic rings. The number of fused-ring (bicyclic) bond motifs is 9. The molecule has 0 unspecified atom stereocenters. The highest BCUT2D eigenvalue weighted by atomic mass is 32.2. The second-order valence-corrected chi connectivity index (χ2v) is 13.8. The third-order valence-corrected chi connectivity index (χ3v) is 11.4. The van der Waals surface area contributed by atoms with Crippen LogP contribution in [-0.2, 0) is 5.41 Å². The maximum absolute atomic E-state index is 2.48. The molecular formula is C39H27NS2. The van der Waals surface area contributed by atoms with Crippen molar-refractivity contribution < 1.29 is 0 Å². The van der Waals surface area contributed by atoms with Crippen molar-refractivity contribution in [3.63, 3.8) is 0 Å². The number of nitrogens with zero attached hydrogens (tertiary/aromatic N) is 1. The predicted molar refractivity (Wildman–Crippen MR) is 181 cm³/mol. The average molecular weight is 574 g/mol. The Bertz CT molecular complexity index is 2210. The highest BCUT2D eigenvalue weighted by Crippen LogP contribution is 2.60. The lowest BCUT2D eigenvalue weighted by atomic mass is 9.82. The minimum atomic E-state index is -0.0686. The first-order valence-electron chi connectivity index (χ1n) is 14.4. The monoisotopic (exact) mass is 573 g/mol. The summed E-state index contributed by atoms with van der Waals surface area (Å²) in [5.74, 6) is 0. The highest BCUT2D eigenvalue weighted by Gasteiger charge is 2.40. The van der Waals surface area contributed by atoms with Crippen molar-refractivity contribution in [2.75, 3.05) is 4.90 Å². The summed E-state index contributed by atoms with van der Waals surface area (Å²) in [4.78, 5) is 5.14. The van der Waals surface area contributed by atoms with E-state index < -0.39 is 0 Å². The van der Waals surface area contributed by atoms with Gasteiger partial charge in [0, 0.05) is 41.1 Å². The van der Waals surface area contributed by atoms with Gasteiger partial charge in [-0.3, -0.25) is 0 Å². The van der Waals surface area contributed by atoms with E-state index in [1.54, 1.807) is 0 Å². The van der Waals surface area contributed by atoms with E-state index >= 15 is 0 Å². The smallest absolute Gasteiger partial charge is 0.0607 e. The van der Waals surface area contributed by atoms with Gasteiger partial charge in [-0.05, 0) is 69.8 Å². The molecule has 2 heterocycles. The zero-order valence-corrected chi connectivity index (χ0v) is 25.0. The van der Waals surface area contributed by atoms with Gasteiger partial charge >= 0.3 is 0 Å². The molecule has 1 nitrogen and oxygen atoms in total. The third-order valence-electron chi connectivity index (χ3n) is 9.03. The van der Waals surface area contributed by atoms with Crippen LogP contribution in [0.3, 0.4) is 0 Å². The fourth-order valence-corrected chi connectivity index (χ4v) is 9.69. The molecule has 0 spiro atoms. The van der Waals surface area contributed by atoms with Crippen molar-refractivity contribution >= 4 is 60.3 Å². The van der Waals surface area contributed by atoms with Crippen molar-refractivity contribution in [2.45, 2.75) is 29.1 Å². The Kier molecular flexibility index (Phi) is 5.12. The molecule has 1 aliphatic carbocycles. The zero-order chi connectivity index (χ0) is 28.0. The van der Waals surface area contributed by atoms with Crippen LogP contribution in [0.1, 0.15) is 25.0 Å². The van der Waals surface area contributed by atoms with Crippen LogP contribution in [0.25, 0.3) is 42.4 Å². The van der Waals surface area contributed by atoms with Gasteiger partial charge in [0.2, 0.25) is 0 Å². The fourth-order valence-electron chi connectivity index (χ4n) is 7.11. The molecule has 42 heavy (non-hydrogen) atoms. The molecule has 0 saturated heterocycles. The fraction of sp³-hybridized carbons (Fsp3) is 0.0769. The van der Waals surface area contributed by atoms with Gasteiger partial charge in [-0.15, -0.1) is 11.3 Å². The molecule has 0 saturated carbocycles. The Labute approximate surface area is 254 Å². The summed E-state index contributed by atoms with van der Waals surface area (Å²) in [5.41, 5.74) is 11.8.